The molecule has 0 spiro atoms. The molecular formula is C12H16FNO. The molecule has 1 aromatic carbocycles. The molecule has 0 aliphatic heterocycles. The molecule has 0 amide bonds. The first-order valence-electron chi connectivity index (χ1n) is 5.30. The standard InChI is InChI=1S/C12H16FNO/c1-15-11-4-2-3-9(13)12(11)10(14)7-8-5-6-8/h2-4,8,10H,5-7,14H2,1H3/t10-/m1/s1. The number of benzene rings is 1. The van der Waals surface area contributed by atoms with Crippen LogP contribution in [0.3, 0.4) is 0 Å². The van der Waals surface area contributed by atoms with E-state index in [1.165, 1.54) is 18.9 Å². The molecule has 1 aliphatic carbocycles. The van der Waals surface area contributed by atoms with Gasteiger partial charge in [0.05, 0.1) is 7.11 Å². The number of halogens is 1. The summed E-state index contributed by atoms with van der Waals surface area (Å²) in [4.78, 5) is 0. The van der Waals surface area contributed by atoms with E-state index < -0.39 is 0 Å². The molecular weight excluding hydrogens is 193 g/mol. The lowest BCUT2D eigenvalue weighted by molar-refractivity contribution is 0.395. The van der Waals surface area contributed by atoms with Gasteiger partial charge in [0.15, 0.2) is 0 Å². The van der Waals surface area contributed by atoms with Crippen LogP contribution in [0.2, 0.25) is 0 Å². The van der Waals surface area contributed by atoms with Crippen LogP contribution in [0.1, 0.15) is 30.9 Å². The smallest absolute Gasteiger partial charge is 0.131 e. The number of methoxy groups -OCH3 is 1. The van der Waals surface area contributed by atoms with Crippen molar-refractivity contribution in [3.05, 3.63) is 29.6 Å². The maximum Gasteiger partial charge on any atom is 0.131 e. The molecule has 15 heavy (non-hydrogen) atoms. The Labute approximate surface area is 89.2 Å². The van der Waals surface area contributed by atoms with Crippen molar-refractivity contribution in [3.63, 3.8) is 0 Å². The van der Waals surface area contributed by atoms with Gasteiger partial charge in [0.2, 0.25) is 0 Å². The molecule has 2 rings (SSSR count). The third-order valence-electron chi connectivity index (χ3n) is 2.89. The van der Waals surface area contributed by atoms with Crippen molar-refractivity contribution in [3.8, 4) is 5.75 Å². The van der Waals surface area contributed by atoms with E-state index in [0.717, 1.165) is 6.42 Å². The summed E-state index contributed by atoms with van der Waals surface area (Å²) in [6.07, 6.45) is 3.31. The van der Waals surface area contributed by atoms with Crippen molar-refractivity contribution in [1.82, 2.24) is 0 Å². The summed E-state index contributed by atoms with van der Waals surface area (Å²) in [5, 5.41) is 0. The van der Waals surface area contributed by atoms with E-state index in [2.05, 4.69) is 0 Å². The van der Waals surface area contributed by atoms with Gasteiger partial charge in [-0.05, 0) is 24.5 Å². The first-order valence-corrected chi connectivity index (χ1v) is 5.30. The summed E-state index contributed by atoms with van der Waals surface area (Å²) in [6, 6.07) is 4.59. The second-order valence-electron chi connectivity index (χ2n) is 4.14. The summed E-state index contributed by atoms with van der Waals surface area (Å²) in [7, 11) is 1.54. The largest absolute Gasteiger partial charge is 0.496 e. The first-order chi connectivity index (χ1) is 7.22. The van der Waals surface area contributed by atoms with Crippen molar-refractivity contribution in [2.45, 2.75) is 25.3 Å². The van der Waals surface area contributed by atoms with Gasteiger partial charge < -0.3 is 10.5 Å². The van der Waals surface area contributed by atoms with E-state index in [1.54, 1.807) is 19.2 Å². The van der Waals surface area contributed by atoms with Crippen molar-refractivity contribution < 1.29 is 9.13 Å². The summed E-state index contributed by atoms with van der Waals surface area (Å²) in [6.45, 7) is 0. The third-order valence-corrected chi connectivity index (χ3v) is 2.89. The van der Waals surface area contributed by atoms with Crippen LogP contribution in [0.4, 0.5) is 4.39 Å². The molecule has 3 heteroatoms. The van der Waals surface area contributed by atoms with Gasteiger partial charge in [-0.2, -0.15) is 0 Å². The molecule has 0 bridgehead atoms. The Hall–Kier alpha value is -1.09. The van der Waals surface area contributed by atoms with E-state index in [-0.39, 0.29) is 11.9 Å². The van der Waals surface area contributed by atoms with E-state index in [1.807, 2.05) is 0 Å². The number of nitrogens with two attached hydrogens (primary N) is 1. The van der Waals surface area contributed by atoms with E-state index in [9.17, 15) is 4.39 Å². The lowest BCUT2D eigenvalue weighted by Crippen LogP contribution is -2.14. The molecule has 1 aromatic rings. The average Bonchev–Trinajstić information content (AvgIpc) is 3.00. The molecule has 0 aromatic heterocycles. The Balaban J connectivity index is 2.22. The third kappa shape index (κ3) is 2.29. The molecule has 2 N–H and O–H groups in total. The van der Waals surface area contributed by atoms with Crippen LogP contribution in [0.15, 0.2) is 18.2 Å². The number of hydrogen-bond donors (Lipinski definition) is 1. The van der Waals surface area contributed by atoms with Gasteiger partial charge in [0.25, 0.3) is 0 Å². The molecule has 2 nitrogen and oxygen atoms in total. The number of hydrogen-bond acceptors (Lipinski definition) is 2. The number of rotatable bonds is 4. The molecule has 1 fully saturated rings. The van der Waals surface area contributed by atoms with Crippen LogP contribution in [-0.2, 0) is 0 Å². The molecule has 1 aliphatic rings. The highest BCUT2D eigenvalue weighted by molar-refractivity contribution is 5.37. The summed E-state index contributed by atoms with van der Waals surface area (Å²) in [5.74, 6) is 0.981. The van der Waals surface area contributed by atoms with Crippen molar-refractivity contribution in [1.29, 1.82) is 0 Å². The lowest BCUT2D eigenvalue weighted by atomic mass is 10.0. The average molecular weight is 209 g/mol. The quantitative estimate of drug-likeness (QED) is 0.827. The first kappa shape index (κ1) is 10.4. The summed E-state index contributed by atoms with van der Waals surface area (Å²) >= 11 is 0. The maximum atomic E-state index is 13.6. The highest BCUT2D eigenvalue weighted by Gasteiger charge is 2.27. The monoisotopic (exact) mass is 209 g/mol. The van der Waals surface area contributed by atoms with Crippen LogP contribution in [0, 0.1) is 11.7 Å². The topological polar surface area (TPSA) is 35.2 Å². The Morgan fingerprint density at radius 3 is 2.87 bits per heavy atom. The lowest BCUT2D eigenvalue weighted by Gasteiger charge is -2.16. The minimum atomic E-state index is -0.262. The second-order valence-corrected chi connectivity index (χ2v) is 4.14. The Kier molecular flexibility index (Phi) is 2.91. The van der Waals surface area contributed by atoms with Crippen molar-refractivity contribution in [2.24, 2.45) is 11.7 Å². The van der Waals surface area contributed by atoms with Gasteiger partial charge >= 0.3 is 0 Å². The summed E-state index contributed by atoms with van der Waals surface area (Å²) in [5.41, 5.74) is 6.51. The van der Waals surface area contributed by atoms with E-state index >= 15 is 0 Å². The zero-order valence-electron chi connectivity index (χ0n) is 8.87. The van der Waals surface area contributed by atoms with E-state index in [4.69, 9.17) is 10.5 Å². The summed E-state index contributed by atoms with van der Waals surface area (Å²) < 4.78 is 18.7. The van der Waals surface area contributed by atoms with Gasteiger partial charge in [-0.3, -0.25) is 0 Å². The van der Waals surface area contributed by atoms with Gasteiger partial charge in [0.1, 0.15) is 11.6 Å². The predicted molar refractivity (Wildman–Crippen MR) is 57.2 cm³/mol. The molecule has 82 valence electrons. The van der Waals surface area contributed by atoms with Crippen LogP contribution >= 0.6 is 0 Å². The highest BCUT2D eigenvalue weighted by Crippen LogP contribution is 2.39. The second kappa shape index (κ2) is 4.19. The Bertz CT molecular complexity index is 349. The highest BCUT2D eigenvalue weighted by atomic mass is 19.1. The molecule has 1 saturated carbocycles. The van der Waals surface area contributed by atoms with E-state index in [0.29, 0.717) is 17.2 Å². The minimum absolute atomic E-state index is 0.242. The van der Waals surface area contributed by atoms with Crippen LogP contribution in [-0.4, -0.2) is 7.11 Å². The van der Waals surface area contributed by atoms with Gasteiger partial charge in [-0.15, -0.1) is 0 Å². The van der Waals surface area contributed by atoms with Crippen LogP contribution < -0.4 is 10.5 Å². The van der Waals surface area contributed by atoms with Gasteiger partial charge in [-0.25, -0.2) is 4.39 Å². The minimum Gasteiger partial charge on any atom is -0.496 e. The fourth-order valence-electron chi connectivity index (χ4n) is 1.89. The Morgan fingerprint density at radius 2 is 2.27 bits per heavy atom. The number of ether oxygens (including phenoxy) is 1. The fourth-order valence-corrected chi connectivity index (χ4v) is 1.89. The fraction of sp³-hybridized carbons (Fsp3) is 0.500. The van der Waals surface area contributed by atoms with Gasteiger partial charge in [-0.1, -0.05) is 18.9 Å². The van der Waals surface area contributed by atoms with Crippen LogP contribution in [0.5, 0.6) is 5.75 Å². The zero-order valence-corrected chi connectivity index (χ0v) is 8.87. The normalized spacial score (nSPS) is 17.5. The molecule has 0 saturated heterocycles. The van der Waals surface area contributed by atoms with Crippen molar-refractivity contribution in [2.75, 3.05) is 7.11 Å². The predicted octanol–water partition coefficient (Wildman–Crippen LogP) is 2.63. The van der Waals surface area contributed by atoms with Crippen LogP contribution in [0.25, 0.3) is 0 Å². The Morgan fingerprint density at radius 1 is 1.53 bits per heavy atom. The molecule has 0 unspecified atom stereocenters. The van der Waals surface area contributed by atoms with Gasteiger partial charge in [0, 0.05) is 11.6 Å². The molecule has 0 radical (unpaired) electrons. The maximum absolute atomic E-state index is 13.6. The molecule has 0 heterocycles. The molecule has 1 atom stereocenters. The zero-order chi connectivity index (χ0) is 10.8. The van der Waals surface area contributed by atoms with Crippen molar-refractivity contribution >= 4 is 0 Å². The SMILES string of the molecule is COc1cccc(F)c1[C@H](N)CC1CC1.